The molecular weight excluding hydrogens is 270 g/mol. The van der Waals surface area contributed by atoms with E-state index in [9.17, 15) is 9.59 Å². The fourth-order valence-electron chi connectivity index (χ4n) is 2.44. The van der Waals surface area contributed by atoms with E-state index in [4.69, 9.17) is 10.5 Å². The lowest BCUT2D eigenvalue weighted by molar-refractivity contribution is -0.134. The number of rotatable bonds is 7. The van der Waals surface area contributed by atoms with Gasteiger partial charge >= 0.3 is 5.97 Å². The average molecular weight is 293 g/mol. The van der Waals surface area contributed by atoms with Gasteiger partial charge in [-0.2, -0.15) is 0 Å². The Morgan fingerprint density at radius 3 is 2.71 bits per heavy atom. The highest BCUT2D eigenvalue weighted by Crippen LogP contribution is 2.26. The summed E-state index contributed by atoms with van der Waals surface area (Å²) in [6, 6.07) is 1.92. The lowest BCUT2D eigenvalue weighted by Crippen LogP contribution is -2.36. The summed E-state index contributed by atoms with van der Waals surface area (Å²) in [6.45, 7) is 5.09. The molecule has 2 N–H and O–H groups in total. The Kier molecular flexibility index (Phi) is 4.88. The summed E-state index contributed by atoms with van der Waals surface area (Å²) < 4.78 is 6.91. The maximum Gasteiger partial charge on any atom is 0.355 e. The van der Waals surface area contributed by atoms with Gasteiger partial charge in [0.25, 0.3) is 5.91 Å². The van der Waals surface area contributed by atoms with Crippen molar-refractivity contribution in [2.24, 2.45) is 0 Å². The van der Waals surface area contributed by atoms with Crippen LogP contribution in [-0.4, -0.2) is 40.5 Å². The molecule has 21 heavy (non-hydrogen) atoms. The van der Waals surface area contributed by atoms with Crippen molar-refractivity contribution in [3.63, 3.8) is 0 Å². The van der Waals surface area contributed by atoms with Crippen molar-refractivity contribution in [1.29, 1.82) is 0 Å². The molecule has 2 rings (SSSR count). The first-order chi connectivity index (χ1) is 10.1. The van der Waals surface area contributed by atoms with Crippen molar-refractivity contribution in [2.75, 3.05) is 18.9 Å². The number of nitrogens with two attached hydrogens (primary N) is 1. The van der Waals surface area contributed by atoms with Gasteiger partial charge in [0, 0.05) is 25.3 Å². The first-order valence-electron chi connectivity index (χ1n) is 7.49. The molecule has 0 radical (unpaired) electrons. The highest BCUT2D eigenvalue weighted by Gasteiger charge is 2.31. The first-order valence-corrected chi connectivity index (χ1v) is 7.49. The zero-order valence-electron chi connectivity index (χ0n) is 12.7. The number of aryl methyl sites for hydroxylation is 1. The van der Waals surface area contributed by atoms with Gasteiger partial charge < -0.3 is 19.9 Å². The number of nitrogens with zero attached hydrogens (tertiary/aromatic N) is 2. The predicted octanol–water partition coefficient (Wildman–Crippen LogP) is 1.65. The number of anilines is 1. The number of likely N-dealkylation sites (N-methyl/N-ethyl adjacent to an activating group) is 1. The summed E-state index contributed by atoms with van der Waals surface area (Å²) in [4.78, 5) is 25.9. The van der Waals surface area contributed by atoms with E-state index in [1.54, 1.807) is 21.7 Å². The third-order valence-electron chi connectivity index (χ3n) is 3.57. The second-order valence-electron chi connectivity index (χ2n) is 5.34. The Morgan fingerprint density at radius 1 is 1.43 bits per heavy atom. The highest BCUT2D eigenvalue weighted by atomic mass is 16.5. The van der Waals surface area contributed by atoms with E-state index in [0.717, 1.165) is 19.3 Å². The molecule has 0 aromatic carbocycles. The predicted molar refractivity (Wildman–Crippen MR) is 79.8 cm³/mol. The Balaban J connectivity index is 1.93. The molecule has 6 nitrogen and oxygen atoms in total. The molecule has 0 saturated heterocycles. The molecule has 6 heteroatoms. The van der Waals surface area contributed by atoms with Crippen LogP contribution in [0.25, 0.3) is 0 Å². The molecule has 0 unspecified atom stereocenters. The van der Waals surface area contributed by atoms with Gasteiger partial charge in [-0.3, -0.25) is 4.79 Å². The van der Waals surface area contributed by atoms with Crippen molar-refractivity contribution in [3.8, 4) is 0 Å². The number of ether oxygens (including phenoxy) is 1. The fourth-order valence-corrected chi connectivity index (χ4v) is 2.44. The summed E-state index contributed by atoms with van der Waals surface area (Å²) in [7, 11) is 0. The van der Waals surface area contributed by atoms with E-state index in [0.29, 0.717) is 30.5 Å². The van der Waals surface area contributed by atoms with E-state index in [-0.39, 0.29) is 12.5 Å². The topological polar surface area (TPSA) is 77.6 Å². The fraction of sp³-hybridized carbons (Fsp3) is 0.600. The molecule has 116 valence electrons. The third kappa shape index (κ3) is 3.77. The van der Waals surface area contributed by atoms with Gasteiger partial charge in [0.1, 0.15) is 5.69 Å². The van der Waals surface area contributed by atoms with Gasteiger partial charge in [-0.05, 0) is 32.3 Å². The molecule has 1 amide bonds. The van der Waals surface area contributed by atoms with Gasteiger partial charge in [-0.25, -0.2) is 4.79 Å². The number of carbonyl (C=O) groups excluding carboxylic acids is 2. The van der Waals surface area contributed by atoms with Crippen LogP contribution in [0.2, 0.25) is 0 Å². The van der Waals surface area contributed by atoms with Gasteiger partial charge in [0.05, 0.1) is 5.69 Å². The van der Waals surface area contributed by atoms with Crippen LogP contribution in [0.4, 0.5) is 5.69 Å². The normalized spacial score (nSPS) is 14.0. The van der Waals surface area contributed by atoms with E-state index in [1.165, 1.54) is 0 Å². The van der Waals surface area contributed by atoms with E-state index >= 15 is 0 Å². The van der Waals surface area contributed by atoms with Crippen LogP contribution in [0.3, 0.4) is 0 Å². The molecule has 1 fully saturated rings. The molecule has 1 aromatic rings. The summed E-state index contributed by atoms with van der Waals surface area (Å²) in [5, 5.41) is 0. The largest absolute Gasteiger partial charge is 0.451 e. The van der Waals surface area contributed by atoms with Crippen LogP contribution in [0.15, 0.2) is 12.3 Å². The van der Waals surface area contributed by atoms with Crippen molar-refractivity contribution in [2.45, 2.75) is 45.7 Å². The van der Waals surface area contributed by atoms with Crippen LogP contribution in [0, 0.1) is 0 Å². The van der Waals surface area contributed by atoms with Crippen molar-refractivity contribution in [1.82, 2.24) is 9.47 Å². The first kappa shape index (κ1) is 15.4. The van der Waals surface area contributed by atoms with Crippen molar-refractivity contribution < 1.29 is 14.3 Å². The Bertz CT molecular complexity index is 520. The van der Waals surface area contributed by atoms with Gasteiger partial charge in [-0.15, -0.1) is 0 Å². The standard InChI is InChI=1S/C15H23N3O3/c1-3-7-17-9-11(16)8-13(17)15(20)21-10-14(19)18(4-2)12-5-6-12/h8-9,12H,3-7,10,16H2,1-2H3. The number of nitrogen functional groups attached to an aromatic ring is 1. The molecular formula is C15H23N3O3. The van der Waals surface area contributed by atoms with Crippen LogP contribution < -0.4 is 5.73 Å². The van der Waals surface area contributed by atoms with Gasteiger partial charge in [-0.1, -0.05) is 6.92 Å². The summed E-state index contributed by atoms with van der Waals surface area (Å²) >= 11 is 0. The van der Waals surface area contributed by atoms with E-state index < -0.39 is 5.97 Å². The highest BCUT2D eigenvalue weighted by molar-refractivity contribution is 5.91. The molecule has 1 heterocycles. The Hall–Kier alpha value is -1.98. The molecule has 0 atom stereocenters. The van der Waals surface area contributed by atoms with Gasteiger partial charge in [0.2, 0.25) is 0 Å². The second-order valence-corrected chi connectivity index (χ2v) is 5.34. The number of hydrogen-bond donors (Lipinski definition) is 1. The van der Waals surface area contributed by atoms with Crippen LogP contribution in [-0.2, 0) is 16.1 Å². The smallest absolute Gasteiger partial charge is 0.355 e. The number of hydrogen-bond acceptors (Lipinski definition) is 4. The zero-order chi connectivity index (χ0) is 15.4. The van der Waals surface area contributed by atoms with Gasteiger partial charge in [0.15, 0.2) is 6.61 Å². The maximum atomic E-state index is 12.1. The zero-order valence-corrected chi connectivity index (χ0v) is 12.7. The molecule has 1 saturated carbocycles. The minimum absolute atomic E-state index is 0.130. The Labute approximate surface area is 124 Å². The molecule has 0 aliphatic heterocycles. The average Bonchev–Trinajstić information content (AvgIpc) is 3.21. The Morgan fingerprint density at radius 2 is 2.14 bits per heavy atom. The van der Waals surface area contributed by atoms with Crippen molar-refractivity contribution >= 4 is 17.6 Å². The molecule has 1 aliphatic rings. The van der Waals surface area contributed by atoms with E-state index in [2.05, 4.69) is 0 Å². The summed E-state index contributed by atoms with van der Waals surface area (Å²) in [5.74, 6) is -0.629. The molecule has 1 aliphatic carbocycles. The second kappa shape index (κ2) is 6.65. The van der Waals surface area contributed by atoms with Crippen LogP contribution in [0.5, 0.6) is 0 Å². The minimum atomic E-state index is -0.500. The number of esters is 1. The maximum absolute atomic E-state index is 12.1. The van der Waals surface area contributed by atoms with Crippen LogP contribution in [0.1, 0.15) is 43.6 Å². The minimum Gasteiger partial charge on any atom is -0.451 e. The van der Waals surface area contributed by atoms with Crippen molar-refractivity contribution in [3.05, 3.63) is 18.0 Å². The number of amides is 1. The summed E-state index contributed by atoms with van der Waals surface area (Å²) in [5.41, 5.74) is 6.64. The molecule has 0 spiro atoms. The quantitative estimate of drug-likeness (QED) is 0.775. The molecule has 1 aromatic heterocycles. The van der Waals surface area contributed by atoms with Crippen LogP contribution >= 0.6 is 0 Å². The third-order valence-corrected chi connectivity index (χ3v) is 3.57. The molecule has 0 bridgehead atoms. The lowest BCUT2D eigenvalue weighted by Gasteiger charge is -2.20. The lowest BCUT2D eigenvalue weighted by atomic mass is 10.4. The monoisotopic (exact) mass is 293 g/mol. The number of carbonyl (C=O) groups is 2. The summed E-state index contributed by atoms with van der Waals surface area (Å²) in [6.07, 6.45) is 4.69. The number of aromatic nitrogens is 1. The SMILES string of the molecule is CCCn1cc(N)cc1C(=O)OCC(=O)N(CC)C1CC1. The van der Waals surface area contributed by atoms with E-state index in [1.807, 2.05) is 13.8 Å².